The summed E-state index contributed by atoms with van der Waals surface area (Å²) in [6.07, 6.45) is 10.4. The molecule has 1 aliphatic carbocycles. The van der Waals surface area contributed by atoms with Crippen LogP contribution >= 0.6 is 0 Å². The normalized spacial score (nSPS) is 23.6. The van der Waals surface area contributed by atoms with Gasteiger partial charge in [-0.1, -0.05) is 32.6 Å². The fraction of sp³-hybridized carbons (Fsp3) is 0.562. The van der Waals surface area contributed by atoms with Crippen molar-refractivity contribution in [2.24, 2.45) is 11.8 Å². The Hall–Kier alpha value is -1.51. The van der Waals surface area contributed by atoms with Gasteiger partial charge in [-0.2, -0.15) is 0 Å². The van der Waals surface area contributed by atoms with Crippen LogP contribution < -0.4 is 5.32 Å². The minimum absolute atomic E-state index is 0.896. The highest BCUT2D eigenvalue weighted by Crippen LogP contribution is 2.30. The second kappa shape index (κ2) is 5.64. The lowest BCUT2D eigenvalue weighted by molar-refractivity contribution is 0.282. The van der Waals surface area contributed by atoms with Crippen molar-refractivity contribution in [2.45, 2.75) is 39.0 Å². The zero-order valence-corrected chi connectivity index (χ0v) is 11.6. The molecule has 1 fully saturated rings. The van der Waals surface area contributed by atoms with E-state index in [1.807, 2.05) is 12.1 Å². The Morgan fingerprint density at radius 1 is 1.26 bits per heavy atom. The Morgan fingerprint density at radius 3 is 2.95 bits per heavy atom. The Bertz CT molecular complexity index is 526. The molecule has 0 spiro atoms. The molecule has 0 amide bonds. The summed E-state index contributed by atoms with van der Waals surface area (Å²) in [4.78, 5) is 4.40. The standard InChI is InChI=1S/C16H22N2O/c1-12-2-4-13(5-3-12)6-9-17-16-14-8-11-19-15(14)7-10-18-16/h7-8,10-13H,2-6,9H2,1H3,(H,17,18). The molecule has 0 saturated heterocycles. The number of anilines is 1. The van der Waals surface area contributed by atoms with Gasteiger partial charge in [-0.15, -0.1) is 0 Å². The first-order valence-corrected chi connectivity index (χ1v) is 7.39. The molecule has 19 heavy (non-hydrogen) atoms. The summed E-state index contributed by atoms with van der Waals surface area (Å²) in [5.41, 5.74) is 0.906. The molecule has 1 aliphatic rings. The van der Waals surface area contributed by atoms with Gasteiger partial charge in [-0.05, 0) is 30.4 Å². The summed E-state index contributed by atoms with van der Waals surface area (Å²) in [5.74, 6) is 2.79. The fourth-order valence-corrected chi connectivity index (χ4v) is 3.05. The summed E-state index contributed by atoms with van der Waals surface area (Å²) in [5, 5.41) is 4.54. The summed E-state index contributed by atoms with van der Waals surface area (Å²) in [6, 6.07) is 3.88. The van der Waals surface area contributed by atoms with E-state index in [1.54, 1.807) is 12.5 Å². The van der Waals surface area contributed by atoms with Crippen LogP contribution in [0.15, 0.2) is 29.0 Å². The Balaban J connectivity index is 1.53. The van der Waals surface area contributed by atoms with E-state index in [0.717, 1.165) is 35.2 Å². The molecule has 0 aliphatic heterocycles. The lowest BCUT2D eigenvalue weighted by atomic mass is 9.81. The van der Waals surface area contributed by atoms with E-state index >= 15 is 0 Å². The number of fused-ring (bicyclic) bond motifs is 1. The number of nitrogens with zero attached hydrogens (tertiary/aromatic N) is 1. The summed E-state index contributed by atoms with van der Waals surface area (Å²) < 4.78 is 5.39. The minimum Gasteiger partial charge on any atom is -0.464 e. The third-order valence-corrected chi connectivity index (χ3v) is 4.36. The van der Waals surface area contributed by atoms with Gasteiger partial charge in [0, 0.05) is 12.7 Å². The molecule has 0 bridgehead atoms. The molecule has 102 valence electrons. The van der Waals surface area contributed by atoms with Crippen molar-refractivity contribution in [3.05, 3.63) is 24.6 Å². The van der Waals surface area contributed by atoms with Crippen LogP contribution in [0.3, 0.4) is 0 Å². The summed E-state index contributed by atoms with van der Waals surface area (Å²) >= 11 is 0. The molecule has 0 atom stereocenters. The van der Waals surface area contributed by atoms with Crippen molar-refractivity contribution in [1.82, 2.24) is 4.98 Å². The van der Waals surface area contributed by atoms with Gasteiger partial charge in [0.1, 0.15) is 11.4 Å². The maximum Gasteiger partial charge on any atom is 0.139 e. The molecule has 2 aromatic rings. The van der Waals surface area contributed by atoms with E-state index in [0.29, 0.717) is 0 Å². The van der Waals surface area contributed by atoms with Gasteiger partial charge >= 0.3 is 0 Å². The first kappa shape index (κ1) is 12.5. The second-order valence-electron chi connectivity index (χ2n) is 5.83. The summed E-state index contributed by atoms with van der Waals surface area (Å²) in [7, 11) is 0. The predicted octanol–water partition coefficient (Wildman–Crippen LogP) is 4.46. The zero-order valence-electron chi connectivity index (χ0n) is 11.6. The van der Waals surface area contributed by atoms with Crippen LogP contribution in [-0.2, 0) is 0 Å². The topological polar surface area (TPSA) is 38.1 Å². The quantitative estimate of drug-likeness (QED) is 0.880. The number of nitrogens with one attached hydrogen (secondary N) is 1. The molecule has 3 rings (SSSR count). The van der Waals surface area contributed by atoms with Crippen molar-refractivity contribution in [2.75, 3.05) is 11.9 Å². The number of furan rings is 1. The molecule has 2 aromatic heterocycles. The highest BCUT2D eigenvalue weighted by Gasteiger charge is 2.17. The second-order valence-corrected chi connectivity index (χ2v) is 5.83. The number of hydrogen-bond donors (Lipinski definition) is 1. The van der Waals surface area contributed by atoms with Crippen molar-refractivity contribution in [3.63, 3.8) is 0 Å². The van der Waals surface area contributed by atoms with E-state index in [1.165, 1.54) is 32.1 Å². The number of pyridine rings is 1. The van der Waals surface area contributed by atoms with Crippen molar-refractivity contribution in [1.29, 1.82) is 0 Å². The van der Waals surface area contributed by atoms with E-state index < -0.39 is 0 Å². The van der Waals surface area contributed by atoms with Crippen LogP contribution in [0.1, 0.15) is 39.0 Å². The maximum atomic E-state index is 5.39. The van der Waals surface area contributed by atoms with Crippen LogP contribution in [-0.4, -0.2) is 11.5 Å². The van der Waals surface area contributed by atoms with Crippen LogP contribution in [0.4, 0.5) is 5.82 Å². The Kier molecular flexibility index (Phi) is 3.72. The molecule has 1 N–H and O–H groups in total. The maximum absolute atomic E-state index is 5.39. The molecular weight excluding hydrogens is 236 g/mol. The lowest BCUT2D eigenvalue weighted by Crippen LogP contribution is -2.16. The van der Waals surface area contributed by atoms with Crippen LogP contribution in [0.5, 0.6) is 0 Å². The first-order valence-electron chi connectivity index (χ1n) is 7.39. The van der Waals surface area contributed by atoms with Crippen molar-refractivity contribution >= 4 is 16.8 Å². The number of hydrogen-bond acceptors (Lipinski definition) is 3. The smallest absolute Gasteiger partial charge is 0.139 e. The van der Waals surface area contributed by atoms with Crippen molar-refractivity contribution in [3.8, 4) is 0 Å². The van der Waals surface area contributed by atoms with Gasteiger partial charge < -0.3 is 9.73 Å². The van der Waals surface area contributed by atoms with Crippen LogP contribution in [0.25, 0.3) is 11.0 Å². The molecule has 0 unspecified atom stereocenters. The molecular formula is C16H22N2O. The minimum atomic E-state index is 0.896. The number of aromatic nitrogens is 1. The first-order chi connectivity index (χ1) is 9.33. The third kappa shape index (κ3) is 2.91. The SMILES string of the molecule is CC1CCC(CCNc2nccc3occc23)CC1. The lowest BCUT2D eigenvalue weighted by Gasteiger charge is -2.26. The van der Waals surface area contributed by atoms with Gasteiger partial charge in [0.2, 0.25) is 0 Å². The van der Waals surface area contributed by atoms with E-state index in [9.17, 15) is 0 Å². The monoisotopic (exact) mass is 258 g/mol. The predicted molar refractivity (Wildman–Crippen MR) is 78.2 cm³/mol. The molecule has 0 aromatic carbocycles. The fourth-order valence-electron chi connectivity index (χ4n) is 3.05. The van der Waals surface area contributed by atoms with Gasteiger partial charge in [-0.25, -0.2) is 4.98 Å². The average molecular weight is 258 g/mol. The van der Waals surface area contributed by atoms with Gasteiger partial charge in [0.05, 0.1) is 11.6 Å². The van der Waals surface area contributed by atoms with E-state index in [4.69, 9.17) is 4.42 Å². The van der Waals surface area contributed by atoms with E-state index in [-0.39, 0.29) is 0 Å². The van der Waals surface area contributed by atoms with Crippen LogP contribution in [0.2, 0.25) is 0 Å². The molecule has 3 heteroatoms. The van der Waals surface area contributed by atoms with Gasteiger partial charge in [0.25, 0.3) is 0 Å². The highest BCUT2D eigenvalue weighted by molar-refractivity contribution is 5.87. The number of rotatable bonds is 4. The van der Waals surface area contributed by atoms with Gasteiger partial charge in [-0.3, -0.25) is 0 Å². The van der Waals surface area contributed by atoms with Crippen molar-refractivity contribution < 1.29 is 4.42 Å². The third-order valence-electron chi connectivity index (χ3n) is 4.36. The van der Waals surface area contributed by atoms with Gasteiger partial charge in [0.15, 0.2) is 0 Å². The highest BCUT2D eigenvalue weighted by atomic mass is 16.3. The zero-order chi connectivity index (χ0) is 13.1. The molecule has 1 saturated carbocycles. The van der Waals surface area contributed by atoms with Crippen LogP contribution in [0, 0.1) is 11.8 Å². The molecule has 2 heterocycles. The molecule has 3 nitrogen and oxygen atoms in total. The molecule has 0 radical (unpaired) electrons. The summed E-state index contributed by atoms with van der Waals surface area (Å²) in [6.45, 7) is 3.38. The largest absolute Gasteiger partial charge is 0.464 e. The Morgan fingerprint density at radius 2 is 2.11 bits per heavy atom. The Labute approximate surface area is 114 Å². The van der Waals surface area contributed by atoms with E-state index in [2.05, 4.69) is 17.2 Å². The average Bonchev–Trinajstić information content (AvgIpc) is 2.90.